The van der Waals surface area contributed by atoms with Crippen molar-refractivity contribution in [2.45, 2.75) is 31.8 Å². The predicted octanol–water partition coefficient (Wildman–Crippen LogP) is 2.09. The molecule has 1 amide bonds. The predicted molar refractivity (Wildman–Crippen MR) is 97.3 cm³/mol. The number of anilines is 1. The first-order valence-electron chi connectivity index (χ1n) is 9.15. The minimum atomic E-state index is -0.210. The van der Waals surface area contributed by atoms with E-state index in [4.69, 9.17) is 15.5 Å². The van der Waals surface area contributed by atoms with E-state index >= 15 is 0 Å². The highest BCUT2D eigenvalue weighted by Crippen LogP contribution is 2.35. The number of pyridine rings is 1. The third-order valence-corrected chi connectivity index (χ3v) is 5.21. The van der Waals surface area contributed by atoms with Crippen molar-refractivity contribution in [2.24, 2.45) is 11.7 Å². The molecular weight excluding hydrogens is 330 g/mol. The zero-order chi connectivity index (χ0) is 17.9. The molecule has 2 saturated heterocycles. The van der Waals surface area contributed by atoms with Crippen LogP contribution in [0.1, 0.15) is 37.5 Å². The molecule has 0 spiro atoms. The number of primary amides is 1. The number of nitrogens with two attached hydrogens (primary N) is 1. The van der Waals surface area contributed by atoms with Crippen LogP contribution in [0, 0.1) is 5.92 Å². The number of rotatable bonds is 4. The van der Waals surface area contributed by atoms with Gasteiger partial charge in [0, 0.05) is 49.8 Å². The Bertz CT molecular complexity index is 769. The Morgan fingerprint density at radius 3 is 2.62 bits per heavy atom. The summed E-state index contributed by atoms with van der Waals surface area (Å²) in [7, 11) is 0. The monoisotopic (exact) mass is 353 g/mol. The number of carbonyl (C=O) groups excluding carboxylic acids is 1. The minimum absolute atomic E-state index is 0.00285. The van der Waals surface area contributed by atoms with E-state index in [0.29, 0.717) is 5.95 Å². The van der Waals surface area contributed by atoms with Gasteiger partial charge in [-0.3, -0.25) is 9.78 Å². The average Bonchev–Trinajstić information content (AvgIpc) is 3.23. The van der Waals surface area contributed by atoms with Crippen LogP contribution in [0.25, 0.3) is 11.1 Å². The SMILES string of the molecule is NC(=O)C1CCN(c2ncc(-c3ccncc3)c(C3CCCO3)n2)CC1. The number of ether oxygens (including phenoxy) is 1. The second-order valence-electron chi connectivity index (χ2n) is 6.87. The number of piperidine rings is 1. The molecule has 136 valence electrons. The van der Waals surface area contributed by atoms with E-state index in [1.807, 2.05) is 18.3 Å². The highest BCUT2D eigenvalue weighted by Gasteiger charge is 2.27. The summed E-state index contributed by atoms with van der Waals surface area (Å²) in [6.45, 7) is 2.25. The number of nitrogens with zero attached hydrogens (tertiary/aromatic N) is 4. The Morgan fingerprint density at radius 2 is 1.96 bits per heavy atom. The Labute approximate surface area is 152 Å². The summed E-state index contributed by atoms with van der Waals surface area (Å²) in [5, 5.41) is 0. The molecule has 2 fully saturated rings. The van der Waals surface area contributed by atoms with E-state index < -0.39 is 0 Å². The van der Waals surface area contributed by atoms with Gasteiger partial charge < -0.3 is 15.4 Å². The molecule has 7 nitrogen and oxygen atoms in total. The van der Waals surface area contributed by atoms with Crippen LogP contribution in [0.3, 0.4) is 0 Å². The van der Waals surface area contributed by atoms with E-state index in [-0.39, 0.29) is 17.9 Å². The fourth-order valence-electron chi connectivity index (χ4n) is 3.69. The molecule has 0 radical (unpaired) electrons. The maximum atomic E-state index is 11.4. The molecule has 0 saturated carbocycles. The van der Waals surface area contributed by atoms with Gasteiger partial charge in [-0.2, -0.15) is 0 Å². The molecule has 1 unspecified atom stereocenters. The largest absolute Gasteiger partial charge is 0.372 e. The van der Waals surface area contributed by atoms with Crippen LogP contribution in [-0.2, 0) is 9.53 Å². The van der Waals surface area contributed by atoms with E-state index in [0.717, 1.165) is 62.2 Å². The average molecular weight is 353 g/mol. The maximum Gasteiger partial charge on any atom is 0.225 e. The zero-order valence-corrected chi connectivity index (χ0v) is 14.7. The number of hydrogen-bond donors (Lipinski definition) is 1. The van der Waals surface area contributed by atoms with Crippen molar-refractivity contribution in [1.29, 1.82) is 0 Å². The number of aromatic nitrogens is 3. The van der Waals surface area contributed by atoms with E-state index in [1.54, 1.807) is 12.4 Å². The van der Waals surface area contributed by atoms with Crippen molar-refractivity contribution in [1.82, 2.24) is 15.0 Å². The zero-order valence-electron chi connectivity index (χ0n) is 14.7. The fraction of sp³-hybridized carbons (Fsp3) is 0.474. The van der Waals surface area contributed by atoms with E-state index in [1.165, 1.54) is 0 Å². The molecule has 2 aliphatic heterocycles. The molecule has 2 N–H and O–H groups in total. The van der Waals surface area contributed by atoms with Crippen LogP contribution < -0.4 is 10.6 Å². The third kappa shape index (κ3) is 3.39. The molecule has 1 atom stereocenters. The van der Waals surface area contributed by atoms with Crippen LogP contribution in [0.2, 0.25) is 0 Å². The molecular formula is C19H23N5O2. The molecule has 7 heteroatoms. The van der Waals surface area contributed by atoms with Gasteiger partial charge in [0.25, 0.3) is 0 Å². The quantitative estimate of drug-likeness (QED) is 0.904. The Morgan fingerprint density at radius 1 is 1.19 bits per heavy atom. The van der Waals surface area contributed by atoms with Crippen molar-refractivity contribution < 1.29 is 9.53 Å². The number of carbonyl (C=O) groups is 1. The first-order chi connectivity index (χ1) is 12.7. The van der Waals surface area contributed by atoms with Crippen LogP contribution in [0.15, 0.2) is 30.7 Å². The van der Waals surface area contributed by atoms with Crippen molar-refractivity contribution >= 4 is 11.9 Å². The lowest BCUT2D eigenvalue weighted by molar-refractivity contribution is -0.122. The number of amides is 1. The molecule has 0 aromatic carbocycles. The van der Waals surface area contributed by atoms with Crippen LogP contribution in [0.4, 0.5) is 5.95 Å². The van der Waals surface area contributed by atoms with Gasteiger partial charge >= 0.3 is 0 Å². The van der Waals surface area contributed by atoms with E-state index in [9.17, 15) is 4.79 Å². The second-order valence-corrected chi connectivity index (χ2v) is 6.87. The molecule has 2 aromatic heterocycles. The van der Waals surface area contributed by atoms with Crippen molar-refractivity contribution in [3.8, 4) is 11.1 Å². The number of hydrogen-bond acceptors (Lipinski definition) is 6. The van der Waals surface area contributed by atoms with Gasteiger partial charge in [0.15, 0.2) is 0 Å². The van der Waals surface area contributed by atoms with Gasteiger partial charge in [-0.1, -0.05) is 0 Å². The summed E-state index contributed by atoms with van der Waals surface area (Å²) in [5.41, 5.74) is 8.41. The molecule has 2 aliphatic rings. The Balaban J connectivity index is 1.63. The summed E-state index contributed by atoms with van der Waals surface area (Å²) in [5.74, 6) is 0.454. The molecule has 26 heavy (non-hydrogen) atoms. The third-order valence-electron chi connectivity index (χ3n) is 5.21. The van der Waals surface area contributed by atoms with Gasteiger partial charge in [0.2, 0.25) is 11.9 Å². The molecule has 0 aliphatic carbocycles. The topological polar surface area (TPSA) is 94.2 Å². The molecule has 4 heterocycles. The minimum Gasteiger partial charge on any atom is -0.372 e. The Kier molecular flexibility index (Phi) is 4.79. The molecule has 0 bridgehead atoms. The van der Waals surface area contributed by atoms with Crippen LogP contribution in [-0.4, -0.2) is 40.6 Å². The molecule has 4 rings (SSSR count). The standard InChI is InChI=1S/C19H23N5O2/c20-18(25)14-5-9-24(10-6-14)19-22-12-15(13-3-7-21-8-4-13)17(23-19)16-2-1-11-26-16/h3-4,7-8,12,14,16H,1-2,5-6,9-11H2,(H2,20,25). The first kappa shape index (κ1) is 16.9. The lowest BCUT2D eigenvalue weighted by Crippen LogP contribution is -2.39. The van der Waals surface area contributed by atoms with Gasteiger partial charge in [-0.25, -0.2) is 9.97 Å². The second kappa shape index (κ2) is 7.37. The lowest BCUT2D eigenvalue weighted by atomic mass is 9.96. The van der Waals surface area contributed by atoms with Gasteiger partial charge in [-0.15, -0.1) is 0 Å². The van der Waals surface area contributed by atoms with Gasteiger partial charge in [-0.05, 0) is 43.4 Å². The first-order valence-corrected chi connectivity index (χ1v) is 9.15. The highest BCUT2D eigenvalue weighted by molar-refractivity contribution is 5.77. The van der Waals surface area contributed by atoms with E-state index in [2.05, 4.69) is 14.9 Å². The lowest BCUT2D eigenvalue weighted by Gasteiger charge is -2.31. The van der Waals surface area contributed by atoms with Gasteiger partial charge in [0.1, 0.15) is 6.10 Å². The summed E-state index contributed by atoms with van der Waals surface area (Å²) >= 11 is 0. The molecule has 2 aromatic rings. The fourth-order valence-corrected chi connectivity index (χ4v) is 3.69. The highest BCUT2D eigenvalue weighted by atomic mass is 16.5. The maximum absolute atomic E-state index is 11.4. The summed E-state index contributed by atoms with van der Waals surface area (Å²) < 4.78 is 5.91. The smallest absolute Gasteiger partial charge is 0.225 e. The van der Waals surface area contributed by atoms with Crippen molar-refractivity contribution in [3.05, 3.63) is 36.4 Å². The van der Waals surface area contributed by atoms with Crippen molar-refractivity contribution in [2.75, 3.05) is 24.6 Å². The summed E-state index contributed by atoms with van der Waals surface area (Å²) in [6, 6.07) is 3.93. The normalized spacial score (nSPS) is 21.1. The summed E-state index contributed by atoms with van der Waals surface area (Å²) in [4.78, 5) is 27.1. The summed E-state index contributed by atoms with van der Waals surface area (Å²) in [6.07, 6.45) is 8.95. The van der Waals surface area contributed by atoms with Crippen LogP contribution in [0.5, 0.6) is 0 Å². The van der Waals surface area contributed by atoms with Gasteiger partial charge in [0.05, 0.1) is 5.69 Å². The van der Waals surface area contributed by atoms with Crippen molar-refractivity contribution in [3.63, 3.8) is 0 Å². The van der Waals surface area contributed by atoms with Crippen LogP contribution >= 0.6 is 0 Å². The Hall–Kier alpha value is -2.54.